The molecule has 3 heterocycles. The predicted octanol–water partition coefficient (Wildman–Crippen LogP) is 3.36. The van der Waals surface area contributed by atoms with Gasteiger partial charge in [0.2, 0.25) is 5.91 Å². The summed E-state index contributed by atoms with van der Waals surface area (Å²) in [6.45, 7) is 2.59. The highest BCUT2D eigenvalue weighted by atomic mass is 19.1. The van der Waals surface area contributed by atoms with Crippen LogP contribution in [0.15, 0.2) is 30.3 Å². The molecule has 2 fully saturated rings. The Kier molecular flexibility index (Phi) is 4.03. The first-order chi connectivity index (χ1) is 12.4. The van der Waals surface area contributed by atoms with E-state index in [1.807, 2.05) is 14.0 Å². The molecule has 0 unspecified atom stereocenters. The van der Waals surface area contributed by atoms with Crippen LogP contribution < -0.4 is 5.32 Å². The van der Waals surface area contributed by atoms with Gasteiger partial charge in [0.05, 0.1) is 11.7 Å². The van der Waals surface area contributed by atoms with E-state index in [-0.39, 0.29) is 17.5 Å². The van der Waals surface area contributed by atoms with E-state index >= 15 is 0 Å². The van der Waals surface area contributed by atoms with Gasteiger partial charge >= 0.3 is 0 Å². The lowest BCUT2D eigenvalue weighted by Crippen LogP contribution is -2.47. The van der Waals surface area contributed by atoms with E-state index in [1.54, 1.807) is 17.0 Å². The molecule has 1 spiro atoms. The number of nitrogens with one attached hydrogen (secondary N) is 1. The lowest BCUT2D eigenvalue weighted by atomic mass is 9.96. The molecule has 136 valence electrons. The van der Waals surface area contributed by atoms with Crippen molar-refractivity contribution in [1.82, 2.24) is 15.2 Å². The number of amides is 1. The summed E-state index contributed by atoms with van der Waals surface area (Å²) < 4.78 is 27.8. The summed E-state index contributed by atoms with van der Waals surface area (Å²) in [6, 6.07) is 6.92. The summed E-state index contributed by atoms with van der Waals surface area (Å²) >= 11 is 0. The molecule has 2 aromatic rings. The van der Waals surface area contributed by atoms with Crippen molar-refractivity contribution >= 4 is 5.91 Å². The minimum atomic E-state index is -0.505. The molecule has 1 aromatic carbocycles. The summed E-state index contributed by atoms with van der Waals surface area (Å²) in [6.07, 6.45) is 2.34. The van der Waals surface area contributed by atoms with Crippen LogP contribution in [0.3, 0.4) is 0 Å². The van der Waals surface area contributed by atoms with E-state index < -0.39 is 17.2 Å². The largest absolute Gasteiger partial charge is 0.344 e. The van der Waals surface area contributed by atoms with Gasteiger partial charge in [0.25, 0.3) is 0 Å². The third kappa shape index (κ3) is 2.78. The van der Waals surface area contributed by atoms with E-state index in [2.05, 4.69) is 10.3 Å². The Balaban J connectivity index is 1.68. The first-order valence-corrected chi connectivity index (χ1v) is 8.85. The Bertz CT molecular complexity index is 885. The van der Waals surface area contributed by atoms with Gasteiger partial charge < -0.3 is 4.90 Å². The minimum absolute atomic E-state index is 0.0688. The maximum absolute atomic E-state index is 14.2. The fourth-order valence-corrected chi connectivity index (χ4v) is 4.14. The molecule has 2 aliphatic heterocycles. The highest BCUT2D eigenvalue weighted by molar-refractivity contribution is 5.88. The van der Waals surface area contributed by atoms with Gasteiger partial charge in [0.15, 0.2) is 0 Å². The number of aromatic nitrogens is 1. The van der Waals surface area contributed by atoms with Gasteiger partial charge in [-0.15, -0.1) is 0 Å². The number of benzene rings is 1. The first kappa shape index (κ1) is 17.1. The highest BCUT2D eigenvalue weighted by Gasteiger charge is 2.50. The summed E-state index contributed by atoms with van der Waals surface area (Å²) in [5.41, 5.74) is 1.82. The van der Waals surface area contributed by atoms with Crippen LogP contribution in [0.25, 0.3) is 11.1 Å². The average molecular weight is 357 g/mol. The molecule has 4 rings (SSSR count). The Morgan fingerprint density at radius 2 is 2.04 bits per heavy atom. The predicted molar refractivity (Wildman–Crippen MR) is 94.4 cm³/mol. The van der Waals surface area contributed by atoms with Crippen molar-refractivity contribution in [2.45, 2.75) is 37.8 Å². The highest BCUT2D eigenvalue weighted by Crippen LogP contribution is 2.39. The second-order valence-corrected chi connectivity index (χ2v) is 7.34. The molecule has 1 N–H and O–H groups in total. The lowest BCUT2D eigenvalue weighted by Gasteiger charge is -2.23. The first-order valence-electron chi connectivity index (χ1n) is 8.85. The van der Waals surface area contributed by atoms with E-state index in [4.69, 9.17) is 0 Å². The summed E-state index contributed by atoms with van der Waals surface area (Å²) in [4.78, 5) is 18.8. The molecule has 2 aliphatic rings. The van der Waals surface area contributed by atoms with Crippen molar-refractivity contribution in [3.63, 3.8) is 0 Å². The van der Waals surface area contributed by atoms with Gasteiger partial charge in [-0.3, -0.25) is 15.1 Å². The van der Waals surface area contributed by atoms with Crippen LogP contribution in [0.5, 0.6) is 0 Å². The number of nitrogens with zero attached hydrogens (tertiary/aromatic N) is 2. The molecular weight excluding hydrogens is 336 g/mol. The van der Waals surface area contributed by atoms with Gasteiger partial charge in [-0.1, -0.05) is 0 Å². The Hall–Kier alpha value is -2.34. The molecule has 4 nitrogen and oxygen atoms in total. The molecule has 0 aliphatic carbocycles. The molecule has 0 bridgehead atoms. The number of aryl methyl sites for hydroxylation is 1. The van der Waals surface area contributed by atoms with Crippen LogP contribution in [-0.2, 0) is 4.79 Å². The van der Waals surface area contributed by atoms with E-state index in [1.165, 1.54) is 6.07 Å². The Labute approximate surface area is 151 Å². The van der Waals surface area contributed by atoms with Gasteiger partial charge in [-0.2, -0.15) is 0 Å². The molecule has 2 atom stereocenters. The van der Waals surface area contributed by atoms with E-state index in [9.17, 15) is 13.6 Å². The second-order valence-electron chi connectivity index (χ2n) is 7.34. The monoisotopic (exact) mass is 357 g/mol. The maximum Gasteiger partial charge on any atom is 0.242 e. The van der Waals surface area contributed by atoms with Crippen LogP contribution in [0.1, 0.15) is 36.7 Å². The number of likely N-dealkylation sites (tertiary alicyclic amines) is 1. The molecular formula is C20H21F2N3O. The van der Waals surface area contributed by atoms with Crippen LogP contribution in [0.2, 0.25) is 0 Å². The van der Waals surface area contributed by atoms with Crippen molar-refractivity contribution in [3.8, 4) is 11.1 Å². The van der Waals surface area contributed by atoms with Crippen molar-refractivity contribution in [3.05, 3.63) is 53.4 Å². The van der Waals surface area contributed by atoms with Crippen LogP contribution in [0.4, 0.5) is 8.78 Å². The van der Waals surface area contributed by atoms with Gasteiger partial charge in [-0.05, 0) is 62.1 Å². The van der Waals surface area contributed by atoms with Gasteiger partial charge in [0, 0.05) is 24.8 Å². The SMILES string of the molecule is Cc1cc(-c2cc(F)ccc2F)cc([C@H]2CC[C@@]3(CCN(C)C3=O)N2)n1. The van der Waals surface area contributed by atoms with Gasteiger partial charge in [-0.25, -0.2) is 8.78 Å². The van der Waals surface area contributed by atoms with Crippen LogP contribution >= 0.6 is 0 Å². The molecule has 0 radical (unpaired) electrons. The molecule has 1 amide bonds. The molecule has 26 heavy (non-hydrogen) atoms. The summed E-state index contributed by atoms with van der Waals surface area (Å²) in [5, 5.41) is 3.47. The fraction of sp³-hybridized carbons (Fsp3) is 0.400. The lowest BCUT2D eigenvalue weighted by molar-refractivity contribution is -0.131. The number of halogens is 2. The van der Waals surface area contributed by atoms with Crippen molar-refractivity contribution < 1.29 is 13.6 Å². The summed E-state index contributed by atoms with van der Waals surface area (Å²) in [7, 11) is 1.82. The third-order valence-electron chi connectivity index (χ3n) is 5.51. The molecule has 6 heteroatoms. The Morgan fingerprint density at radius 3 is 2.77 bits per heavy atom. The standard InChI is InChI=1S/C20H21F2N3O/c1-12-9-13(15-11-14(21)3-4-16(15)22)10-18(23-12)17-5-6-20(24-17)7-8-25(2)19(20)26/h3-4,9-11,17,24H,5-8H2,1-2H3/t17-,20+/m1/s1. The number of carbonyl (C=O) groups excluding carboxylic acids is 1. The average Bonchev–Trinajstić information content (AvgIpc) is 3.17. The molecule has 0 saturated carbocycles. The third-order valence-corrected chi connectivity index (χ3v) is 5.51. The van der Waals surface area contributed by atoms with Crippen LogP contribution in [-0.4, -0.2) is 34.9 Å². The van der Waals surface area contributed by atoms with E-state index in [0.29, 0.717) is 5.56 Å². The fourth-order valence-electron chi connectivity index (χ4n) is 4.14. The molecule has 1 aromatic heterocycles. The number of carbonyl (C=O) groups is 1. The Morgan fingerprint density at radius 1 is 1.23 bits per heavy atom. The number of hydrogen-bond acceptors (Lipinski definition) is 3. The molecule has 2 saturated heterocycles. The van der Waals surface area contributed by atoms with E-state index in [0.717, 1.165) is 49.3 Å². The zero-order valence-electron chi connectivity index (χ0n) is 14.9. The number of rotatable bonds is 2. The van der Waals surface area contributed by atoms with Crippen LogP contribution in [0, 0.1) is 18.6 Å². The zero-order valence-corrected chi connectivity index (χ0v) is 14.9. The minimum Gasteiger partial charge on any atom is -0.344 e. The number of pyridine rings is 1. The maximum atomic E-state index is 14.2. The normalized spacial score (nSPS) is 25.5. The summed E-state index contributed by atoms with van der Waals surface area (Å²) in [5.74, 6) is -0.814. The van der Waals surface area contributed by atoms with Crippen molar-refractivity contribution in [1.29, 1.82) is 0 Å². The van der Waals surface area contributed by atoms with Crippen molar-refractivity contribution in [2.24, 2.45) is 0 Å². The second kappa shape index (κ2) is 6.13. The number of likely N-dealkylation sites (N-methyl/N-ethyl adjacent to an activating group) is 1. The smallest absolute Gasteiger partial charge is 0.242 e. The number of hydrogen-bond donors (Lipinski definition) is 1. The topological polar surface area (TPSA) is 45.2 Å². The zero-order chi connectivity index (χ0) is 18.5. The van der Waals surface area contributed by atoms with Gasteiger partial charge in [0.1, 0.15) is 17.2 Å². The quantitative estimate of drug-likeness (QED) is 0.896. The van der Waals surface area contributed by atoms with Crippen molar-refractivity contribution in [2.75, 3.05) is 13.6 Å².